The van der Waals surface area contributed by atoms with Gasteiger partial charge in [0.25, 0.3) is 0 Å². The van der Waals surface area contributed by atoms with Crippen LogP contribution in [0, 0.1) is 0 Å². The third-order valence-electron chi connectivity index (χ3n) is 3.29. The molecular formula is C17H14ClN. The van der Waals surface area contributed by atoms with E-state index in [9.17, 15) is 0 Å². The molecule has 0 bridgehead atoms. The van der Waals surface area contributed by atoms with Crippen LogP contribution in [0.15, 0.2) is 55.1 Å². The van der Waals surface area contributed by atoms with Crippen LogP contribution < -0.4 is 0 Å². The molecule has 0 amide bonds. The molecular weight excluding hydrogens is 254 g/mol. The predicted octanol–water partition coefficient (Wildman–Crippen LogP) is 5.52. The van der Waals surface area contributed by atoms with Crippen molar-refractivity contribution in [3.63, 3.8) is 0 Å². The third kappa shape index (κ3) is 2.06. The molecule has 0 unspecified atom stereocenters. The highest BCUT2D eigenvalue weighted by atomic mass is 35.5. The zero-order valence-corrected chi connectivity index (χ0v) is 11.5. The van der Waals surface area contributed by atoms with Crippen molar-refractivity contribution >= 4 is 28.1 Å². The van der Waals surface area contributed by atoms with E-state index in [0.29, 0.717) is 0 Å². The summed E-state index contributed by atoms with van der Waals surface area (Å²) in [7, 11) is 0. The summed E-state index contributed by atoms with van der Waals surface area (Å²) in [6, 6.07) is 16.4. The molecule has 0 aliphatic carbocycles. The minimum absolute atomic E-state index is 0.762. The Kier molecular flexibility index (Phi) is 2.92. The van der Waals surface area contributed by atoms with Gasteiger partial charge in [-0.05, 0) is 30.2 Å². The molecule has 1 aromatic heterocycles. The van der Waals surface area contributed by atoms with E-state index in [1.54, 1.807) is 0 Å². The van der Waals surface area contributed by atoms with Gasteiger partial charge in [0.1, 0.15) is 0 Å². The Morgan fingerprint density at radius 2 is 1.84 bits per heavy atom. The van der Waals surface area contributed by atoms with Crippen molar-refractivity contribution in [2.24, 2.45) is 0 Å². The summed E-state index contributed by atoms with van der Waals surface area (Å²) in [4.78, 5) is 3.42. The Hall–Kier alpha value is -1.99. The van der Waals surface area contributed by atoms with Gasteiger partial charge >= 0.3 is 0 Å². The van der Waals surface area contributed by atoms with Crippen LogP contribution in [0.5, 0.6) is 0 Å². The average molecular weight is 268 g/mol. The largest absolute Gasteiger partial charge is 0.354 e. The monoisotopic (exact) mass is 267 g/mol. The van der Waals surface area contributed by atoms with Crippen LogP contribution >= 0.6 is 11.6 Å². The Balaban J connectivity index is 2.32. The smallest absolute Gasteiger partial charge is 0.0553 e. The number of hydrogen-bond donors (Lipinski definition) is 1. The lowest BCUT2D eigenvalue weighted by atomic mass is 10.0. The van der Waals surface area contributed by atoms with Crippen molar-refractivity contribution in [3.8, 4) is 11.1 Å². The van der Waals surface area contributed by atoms with Gasteiger partial charge in [-0.3, -0.25) is 0 Å². The minimum Gasteiger partial charge on any atom is -0.354 e. The third-order valence-corrected chi connectivity index (χ3v) is 3.61. The van der Waals surface area contributed by atoms with Gasteiger partial charge in [0.2, 0.25) is 0 Å². The number of benzene rings is 2. The Morgan fingerprint density at radius 1 is 1.11 bits per heavy atom. The van der Waals surface area contributed by atoms with Crippen LogP contribution in [0.4, 0.5) is 0 Å². The molecule has 3 rings (SSSR count). The first kappa shape index (κ1) is 12.1. The number of H-pyrrole nitrogens is 1. The van der Waals surface area contributed by atoms with E-state index in [2.05, 4.69) is 35.8 Å². The second-order valence-corrected chi connectivity index (χ2v) is 5.12. The van der Waals surface area contributed by atoms with E-state index in [4.69, 9.17) is 11.6 Å². The molecule has 0 spiro atoms. The maximum Gasteiger partial charge on any atom is 0.0553 e. The van der Waals surface area contributed by atoms with Crippen LogP contribution in [-0.2, 0) is 0 Å². The van der Waals surface area contributed by atoms with Gasteiger partial charge in [-0.15, -0.1) is 0 Å². The van der Waals surface area contributed by atoms with E-state index in [-0.39, 0.29) is 0 Å². The molecule has 1 N–H and O–H groups in total. The van der Waals surface area contributed by atoms with Crippen molar-refractivity contribution in [2.45, 2.75) is 6.92 Å². The number of hydrogen-bond acceptors (Lipinski definition) is 0. The molecule has 2 aromatic carbocycles. The molecule has 0 fully saturated rings. The van der Waals surface area contributed by atoms with E-state index in [0.717, 1.165) is 32.8 Å². The zero-order valence-electron chi connectivity index (χ0n) is 10.7. The lowest BCUT2D eigenvalue weighted by Gasteiger charge is -2.04. The van der Waals surface area contributed by atoms with Gasteiger partial charge in [-0.25, -0.2) is 0 Å². The number of allylic oxidation sites excluding steroid dienone is 1. The molecule has 0 radical (unpaired) electrons. The Bertz CT molecular complexity index is 754. The number of rotatable bonds is 2. The second-order valence-electron chi connectivity index (χ2n) is 4.71. The fourth-order valence-electron chi connectivity index (χ4n) is 2.27. The van der Waals surface area contributed by atoms with E-state index in [1.807, 2.05) is 31.2 Å². The summed E-state index contributed by atoms with van der Waals surface area (Å²) >= 11 is 6.28. The molecule has 0 atom stereocenters. The zero-order chi connectivity index (χ0) is 13.4. The van der Waals surface area contributed by atoms with E-state index < -0.39 is 0 Å². The minimum atomic E-state index is 0.762. The first-order valence-electron chi connectivity index (χ1n) is 6.19. The summed E-state index contributed by atoms with van der Waals surface area (Å²) < 4.78 is 0. The molecule has 19 heavy (non-hydrogen) atoms. The molecule has 3 aromatic rings. The van der Waals surface area contributed by atoms with Gasteiger partial charge < -0.3 is 4.98 Å². The van der Waals surface area contributed by atoms with Crippen molar-refractivity contribution in [3.05, 3.63) is 65.8 Å². The number of aromatic amines is 1. The average Bonchev–Trinajstić information content (AvgIpc) is 2.86. The fraction of sp³-hybridized carbons (Fsp3) is 0.0588. The Morgan fingerprint density at radius 3 is 2.53 bits per heavy atom. The van der Waals surface area contributed by atoms with Crippen molar-refractivity contribution < 1.29 is 0 Å². The second kappa shape index (κ2) is 4.60. The van der Waals surface area contributed by atoms with Crippen LogP contribution in [0.1, 0.15) is 12.6 Å². The lowest BCUT2D eigenvalue weighted by Crippen LogP contribution is -1.81. The summed E-state index contributed by atoms with van der Waals surface area (Å²) in [6.45, 7) is 5.97. The molecule has 2 heteroatoms. The van der Waals surface area contributed by atoms with E-state index >= 15 is 0 Å². The van der Waals surface area contributed by atoms with Crippen LogP contribution in [0.3, 0.4) is 0 Å². The summed E-state index contributed by atoms with van der Waals surface area (Å²) in [5.41, 5.74) is 5.44. The van der Waals surface area contributed by atoms with Gasteiger partial charge in [-0.1, -0.05) is 54.6 Å². The molecule has 94 valence electrons. The van der Waals surface area contributed by atoms with Crippen molar-refractivity contribution in [2.75, 3.05) is 0 Å². The molecule has 0 aliphatic rings. The maximum absolute atomic E-state index is 6.28. The molecule has 1 nitrogen and oxygen atoms in total. The molecule has 0 saturated carbocycles. The van der Waals surface area contributed by atoms with Crippen molar-refractivity contribution in [1.82, 2.24) is 4.98 Å². The quantitative estimate of drug-likeness (QED) is 0.629. The van der Waals surface area contributed by atoms with Gasteiger partial charge in [0, 0.05) is 21.7 Å². The number of nitrogens with one attached hydrogen (secondary N) is 1. The van der Waals surface area contributed by atoms with Gasteiger partial charge in [0.15, 0.2) is 0 Å². The van der Waals surface area contributed by atoms with Crippen molar-refractivity contribution in [1.29, 1.82) is 0 Å². The van der Waals surface area contributed by atoms with Gasteiger partial charge in [-0.2, -0.15) is 0 Å². The fourth-order valence-corrected chi connectivity index (χ4v) is 2.49. The van der Waals surface area contributed by atoms with Gasteiger partial charge in [0.05, 0.1) is 5.52 Å². The van der Waals surface area contributed by atoms with Crippen LogP contribution in [0.25, 0.3) is 27.6 Å². The molecule has 0 aliphatic heterocycles. The lowest BCUT2D eigenvalue weighted by molar-refractivity contribution is 1.39. The topological polar surface area (TPSA) is 15.8 Å². The standard InChI is InChI=1S/C17H14ClN/c1-11(2)16-10-14-15(18)9-8-13(17(14)19-16)12-6-4-3-5-7-12/h3-10,19H,1H2,2H3. The first-order chi connectivity index (χ1) is 9.16. The highest BCUT2D eigenvalue weighted by molar-refractivity contribution is 6.36. The van der Waals surface area contributed by atoms with E-state index in [1.165, 1.54) is 5.56 Å². The normalized spacial score (nSPS) is 10.8. The highest BCUT2D eigenvalue weighted by Gasteiger charge is 2.10. The SMILES string of the molecule is C=C(C)c1cc2c(Cl)ccc(-c3ccccc3)c2[nH]1. The van der Waals surface area contributed by atoms with Crippen LogP contribution in [0.2, 0.25) is 5.02 Å². The summed E-state index contributed by atoms with van der Waals surface area (Å²) in [5, 5.41) is 1.81. The number of halogens is 1. The summed E-state index contributed by atoms with van der Waals surface area (Å²) in [6.07, 6.45) is 0. The maximum atomic E-state index is 6.28. The first-order valence-corrected chi connectivity index (χ1v) is 6.57. The molecule has 0 saturated heterocycles. The highest BCUT2D eigenvalue weighted by Crippen LogP contribution is 2.34. The predicted molar refractivity (Wildman–Crippen MR) is 83.5 cm³/mol. The number of fused-ring (bicyclic) bond motifs is 1. The van der Waals surface area contributed by atoms with Crippen LogP contribution in [-0.4, -0.2) is 4.98 Å². The molecule has 1 heterocycles. The Labute approximate surface area is 117 Å². The summed E-state index contributed by atoms with van der Waals surface area (Å²) in [5.74, 6) is 0. The number of aromatic nitrogens is 1.